The van der Waals surface area contributed by atoms with Gasteiger partial charge in [-0.05, 0) is 39.5 Å². The second-order valence-electron chi connectivity index (χ2n) is 7.62. The van der Waals surface area contributed by atoms with E-state index in [2.05, 4.69) is 32.0 Å². The van der Waals surface area contributed by atoms with Crippen molar-refractivity contribution in [3.63, 3.8) is 0 Å². The van der Waals surface area contributed by atoms with Gasteiger partial charge in [0.2, 0.25) is 5.91 Å². The number of guanidine groups is 1. The van der Waals surface area contributed by atoms with E-state index in [0.29, 0.717) is 12.6 Å². The molecule has 0 atom stereocenters. The number of unbranched alkanes of at least 4 members (excludes halogenated alkanes) is 1. The summed E-state index contributed by atoms with van der Waals surface area (Å²) in [5.41, 5.74) is 0. The molecule has 1 aromatic heterocycles. The minimum atomic E-state index is 0. The van der Waals surface area contributed by atoms with Crippen LogP contribution in [0.4, 0.5) is 0 Å². The van der Waals surface area contributed by atoms with Crippen molar-refractivity contribution in [2.24, 2.45) is 4.99 Å². The van der Waals surface area contributed by atoms with Crippen LogP contribution in [-0.2, 0) is 11.3 Å². The number of likely N-dealkylation sites (tertiary alicyclic amines) is 1. The first kappa shape index (κ1) is 25.7. The molecule has 2 rings (SSSR count). The molecular weight excluding hydrogens is 481 g/mol. The zero-order chi connectivity index (χ0) is 20.4. The average molecular weight is 519 g/mol. The van der Waals surface area contributed by atoms with Crippen LogP contribution in [0.15, 0.2) is 17.4 Å². The van der Waals surface area contributed by atoms with E-state index in [1.165, 1.54) is 0 Å². The number of aliphatic imine (C=N–C) groups is 1. The van der Waals surface area contributed by atoms with E-state index < -0.39 is 0 Å². The molecule has 166 valence electrons. The van der Waals surface area contributed by atoms with Crippen LogP contribution in [0.25, 0.3) is 0 Å². The van der Waals surface area contributed by atoms with Crippen molar-refractivity contribution in [2.45, 2.75) is 52.1 Å². The number of amides is 1. The van der Waals surface area contributed by atoms with Gasteiger partial charge >= 0.3 is 0 Å². The van der Waals surface area contributed by atoms with Crippen molar-refractivity contribution in [2.75, 3.05) is 46.8 Å². The van der Waals surface area contributed by atoms with Gasteiger partial charge in [-0.1, -0.05) is 0 Å². The molecule has 1 fully saturated rings. The summed E-state index contributed by atoms with van der Waals surface area (Å²) in [5, 5.41) is 6.92. The lowest BCUT2D eigenvalue weighted by molar-refractivity contribution is -0.130. The molecule has 1 aliphatic rings. The fourth-order valence-corrected chi connectivity index (χ4v) is 3.31. The summed E-state index contributed by atoms with van der Waals surface area (Å²) in [5.74, 6) is 2.15. The van der Waals surface area contributed by atoms with Gasteiger partial charge in [0.25, 0.3) is 0 Å². The van der Waals surface area contributed by atoms with Gasteiger partial charge in [-0.15, -0.1) is 24.0 Å². The second kappa shape index (κ2) is 13.8. The molecule has 0 aromatic carbocycles. The molecule has 9 heteroatoms. The molecular formula is C20H38IN7O. The highest BCUT2D eigenvalue weighted by Gasteiger charge is 2.21. The highest BCUT2D eigenvalue weighted by atomic mass is 127. The first-order chi connectivity index (χ1) is 13.5. The Bertz CT molecular complexity index is 624. The Hall–Kier alpha value is -1.36. The highest BCUT2D eigenvalue weighted by Crippen LogP contribution is 2.10. The molecule has 0 saturated carbocycles. The number of hydrogen-bond donors (Lipinski definition) is 2. The average Bonchev–Trinajstić information content (AvgIpc) is 3.08. The van der Waals surface area contributed by atoms with Crippen LogP contribution in [0.5, 0.6) is 0 Å². The Balaban J connectivity index is 0.00000420. The topological polar surface area (TPSA) is 77.8 Å². The monoisotopic (exact) mass is 519 g/mol. The van der Waals surface area contributed by atoms with Gasteiger partial charge in [-0.25, -0.2) is 4.98 Å². The van der Waals surface area contributed by atoms with Gasteiger partial charge in [0.05, 0.1) is 6.54 Å². The van der Waals surface area contributed by atoms with Crippen molar-refractivity contribution in [1.82, 2.24) is 30.0 Å². The number of aryl methyl sites for hydroxylation is 2. The number of carbonyl (C=O) groups excluding carboxylic acids is 1. The number of piperidine rings is 1. The third-order valence-electron chi connectivity index (χ3n) is 5.13. The van der Waals surface area contributed by atoms with E-state index >= 15 is 0 Å². The number of rotatable bonds is 9. The molecule has 29 heavy (non-hydrogen) atoms. The highest BCUT2D eigenvalue weighted by molar-refractivity contribution is 14.0. The minimum absolute atomic E-state index is 0. The standard InChI is InChI=1S/C20H37N7O.HI/c1-5-21-20(23-10-6-7-12-27-15-11-22-17(27)2)24-18-8-13-26(14-9-18)16-19(28)25(3)4;/h11,15,18H,5-10,12-14,16H2,1-4H3,(H2,21,23,24);1H. The van der Waals surface area contributed by atoms with Gasteiger partial charge < -0.3 is 20.1 Å². The SMILES string of the molecule is CCNC(=NCCCCn1ccnc1C)NC1CCN(CC(=O)N(C)C)CC1.I. The molecule has 0 bridgehead atoms. The van der Waals surface area contributed by atoms with E-state index in [4.69, 9.17) is 4.99 Å². The molecule has 0 unspecified atom stereocenters. The van der Waals surface area contributed by atoms with Crippen LogP contribution in [0.2, 0.25) is 0 Å². The Morgan fingerprint density at radius 1 is 1.31 bits per heavy atom. The summed E-state index contributed by atoms with van der Waals surface area (Å²) in [6.45, 7) is 9.21. The fourth-order valence-electron chi connectivity index (χ4n) is 3.31. The normalized spacial score (nSPS) is 15.7. The zero-order valence-electron chi connectivity index (χ0n) is 18.4. The predicted molar refractivity (Wildman–Crippen MR) is 129 cm³/mol. The van der Waals surface area contributed by atoms with E-state index in [-0.39, 0.29) is 29.9 Å². The summed E-state index contributed by atoms with van der Waals surface area (Å²) in [6.07, 6.45) is 8.10. The first-order valence-corrected chi connectivity index (χ1v) is 10.4. The Morgan fingerprint density at radius 2 is 2.03 bits per heavy atom. The summed E-state index contributed by atoms with van der Waals surface area (Å²) in [7, 11) is 3.62. The van der Waals surface area contributed by atoms with Gasteiger partial charge in [-0.2, -0.15) is 0 Å². The number of hydrogen-bond acceptors (Lipinski definition) is 4. The number of carbonyl (C=O) groups is 1. The number of aromatic nitrogens is 2. The summed E-state index contributed by atoms with van der Waals surface area (Å²) in [6, 6.07) is 0.414. The van der Waals surface area contributed by atoms with Gasteiger partial charge in [0.1, 0.15) is 5.82 Å². The van der Waals surface area contributed by atoms with Crippen LogP contribution < -0.4 is 10.6 Å². The predicted octanol–water partition coefficient (Wildman–Crippen LogP) is 1.70. The first-order valence-electron chi connectivity index (χ1n) is 10.4. The lowest BCUT2D eigenvalue weighted by Crippen LogP contribution is -2.50. The Labute approximate surface area is 192 Å². The van der Waals surface area contributed by atoms with E-state index in [0.717, 1.165) is 70.2 Å². The Kier molecular flexibility index (Phi) is 12.2. The molecule has 1 aromatic rings. The molecule has 0 spiro atoms. The second-order valence-corrected chi connectivity index (χ2v) is 7.62. The van der Waals surface area contributed by atoms with Crippen LogP contribution in [0.3, 0.4) is 0 Å². The number of imidazole rings is 1. The van der Waals surface area contributed by atoms with E-state index in [1.807, 2.05) is 33.4 Å². The van der Waals surface area contributed by atoms with Crippen molar-refractivity contribution < 1.29 is 4.79 Å². The minimum Gasteiger partial charge on any atom is -0.357 e. The van der Waals surface area contributed by atoms with Crippen LogP contribution in [0.1, 0.15) is 38.4 Å². The smallest absolute Gasteiger partial charge is 0.236 e. The molecule has 0 radical (unpaired) electrons. The quantitative estimate of drug-likeness (QED) is 0.225. The summed E-state index contributed by atoms with van der Waals surface area (Å²) < 4.78 is 2.18. The van der Waals surface area contributed by atoms with Crippen LogP contribution in [-0.4, -0.2) is 84.1 Å². The molecule has 2 N–H and O–H groups in total. The zero-order valence-corrected chi connectivity index (χ0v) is 20.7. The fraction of sp³-hybridized carbons (Fsp3) is 0.750. The lowest BCUT2D eigenvalue weighted by Gasteiger charge is -2.33. The largest absolute Gasteiger partial charge is 0.357 e. The number of nitrogens with zero attached hydrogens (tertiary/aromatic N) is 5. The maximum Gasteiger partial charge on any atom is 0.236 e. The van der Waals surface area contributed by atoms with E-state index in [9.17, 15) is 4.79 Å². The molecule has 1 saturated heterocycles. The third-order valence-corrected chi connectivity index (χ3v) is 5.13. The lowest BCUT2D eigenvalue weighted by atomic mass is 10.1. The van der Waals surface area contributed by atoms with Crippen LogP contribution >= 0.6 is 24.0 Å². The number of likely N-dealkylation sites (N-methyl/N-ethyl adjacent to an activating group) is 1. The molecule has 1 amide bonds. The molecule has 1 aliphatic heterocycles. The van der Waals surface area contributed by atoms with Gasteiger partial charge in [-0.3, -0.25) is 14.7 Å². The third kappa shape index (κ3) is 9.33. The van der Waals surface area contributed by atoms with Crippen molar-refractivity contribution in [3.05, 3.63) is 18.2 Å². The van der Waals surface area contributed by atoms with Crippen molar-refractivity contribution in [3.8, 4) is 0 Å². The van der Waals surface area contributed by atoms with Crippen LogP contribution in [0, 0.1) is 6.92 Å². The van der Waals surface area contributed by atoms with E-state index in [1.54, 1.807) is 4.90 Å². The number of halogens is 1. The molecule has 2 heterocycles. The molecule has 0 aliphatic carbocycles. The Morgan fingerprint density at radius 3 is 2.62 bits per heavy atom. The summed E-state index contributed by atoms with van der Waals surface area (Å²) >= 11 is 0. The molecule has 8 nitrogen and oxygen atoms in total. The van der Waals surface area contributed by atoms with Crippen molar-refractivity contribution >= 4 is 35.8 Å². The van der Waals surface area contributed by atoms with Gasteiger partial charge in [0.15, 0.2) is 5.96 Å². The van der Waals surface area contributed by atoms with Gasteiger partial charge in [0, 0.05) is 65.3 Å². The number of nitrogens with one attached hydrogen (secondary N) is 2. The summed E-state index contributed by atoms with van der Waals surface area (Å²) in [4.78, 5) is 24.7. The maximum atomic E-state index is 11.9. The van der Waals surface area contributed by atoms with Crippen molar-refractivity contribution in [1.29, 1.82) is 0 Å². The maximum absolute atomic E-state index is 11.9.